The predicted octanol–water partition coefficient (Wildman–Crippen LogP) is 2.98. The Morgan fingerprint density at radius 1 is 1.06 bits per heavy atom. The molecule has 0 aliphatic carbocycles. The monoisotopic (exact) mass is 489 g/mol. The molecule has 9 nitrogen and oxygen atoms in total. The number of rotatable bonds is 5. The predicted molar refractivity (Wildman–Crippen MR) is 138 cm³/mol. The lowest BCUT2D eigenvalue weighted by atomic mass is 10.0. The molecule has 0 atom stereocenters. The summed E-state index contributed by atoms with van der Waals surface area (Å²) in [4.78, 5) is 32.3. The summed E-state index contributed by atoms with van der Waals surface area (Å²) in [5, 5.41) is 0.449. The molecule has 3 N–H and O–H groups in total. The normalized spacial score (nSPS) is 14.1. The zero-order valence-electron chi connectivity index (χ0n) is 20.5. The lowest BCUT2D eigenvalue weighted by molar-refractivity contribution is 0.122. The van der Waals surface area contributed by atoms with Crippen molar-refractivity contribution in [2.75, 3.05) is 51.0 Å². The molecule has 5 rings (SSSR count). The van der Waals surface area contributed by atoms with Crippen LogP contribution in [0.4, 0.5) is 15.9 Å². The van der Waals surface area contributed by atoms with E-state index < -0.39 is 5.95 Å². The van der Waals surface area contributed by atoms with Crippen LogP contribution in [0, 0.1) is 12.9 Å². The third kappa shape index (κ3) is 4.65. The number of aromatic nitrogens is 4. The van der Waals surface area contributed by atoms with E-state index in [0.29, 0.717) is 53.3 Å². The van der Waals surface area contributed by atoms with E-state index in [4.69, 9.17) is 10.5 Å². The van der Waals surface area contributed by atoms with Gasteiger partial charge in [-0.1, -0.05) is 12.1 Å². The summed E-state index contributed by atoms with van der Waals surface area (Å²) < 4.78 is 20.6. The lowest BCUT2D eigenvalue weighted by Crippen LogP contribution is -2.37. The highest BCUT2D eigenvalue weighted by Crippen LogP contribution is 2.32. The SMILES string of the molecule is Cc1nc2cc(-c3nc(-c4ccc(N5CCOCC5)c(CN(C)C)c4)c(F)nc3N)ccc2c(=O)[nH]1. The maximum atomic E-state index is 15.1. The van der Waals surface area contributed by atoms with Crippen molar-refractivity contribution >= 4 is 22.4 Å². The summed E-state index contributed by atoms with van der Waals surface area (Å²) in [6.07, 6.45) is 0. The van der Waals surface area contributed by atoms with Crippen LogP contribution in [-0.2, 0) is 11.3 Å². The van der Waals surface area contributed by atoms with Crippen LogP contribution in [0.1, 0.15) is 11.4 Å². The van der Waals surface area contributed by atoms with Gasteiger partial charge < -0.3 is 25.3 Å². The van der Waals surface area contributed by atoms with Crippen LogP contribution in [0.15, 0.2) is 41.2 Å². The number of hydrogen-bond donors (Lipinski definition) is 2. The van der Waals surface area contributed by atoms with Crippen LogP contribution in [-0.4, -0.2) is 65.2 Å². The zero-order valence-corrected chi connectivity index (χ0v) is 20.5. The molecule has 0 bridgehead atoms. The molecule has 0 saturated carbocycles. The zero-order chi connectivity index (χ0) is 25.4. The largest absolute Gasteiger partial charge is 0.382 e. The van der Waals surface area contributed by atoms with Crippen LogP contribution < -0.4 is 16.2 Å². The molecule has 0 spiro atoms. The minimum absolute atomic E-state index is 0.0318. The van der Waals surface area contributed by atoms with Gasteiger partial charge >= 0.3 is 0 Å². The maximum absolute atomic E-state index is 15.1. The van der Waals surface area contributed by atoms with Gasteiger partial charge in [-0.3, -0.25) is 4.79 Å². The average Bonchev–Trinajstić information content (AvgIpc) is 2.84. The molecule has 0 amide bonds. The molecule has 10 heteroatoms. The highest BCUT2D eigenvalue weighted by molar-refractivity contribution is 5.85. The molecule has 1 saturated heterocycles. The first-order chi connectivity index (χ1) is 17.3. The first-order valence-electron chi connectivity index (χ1n) is 11.7. The van der Waals surface area contributed by atoms with Gasteiger partial charge in [-0.25, -0.2) is 9.97 Å². The van der Waals surface area contributed by atoms with Gasteiger partial charge in [0.15, 0.2) is 5.82 Å². The molecular formula is C26H28FN7O2. The number of morpholine rings is 1. The number of nitrogens with zero attached hydrogens (tertiary/aromatic N) is 5. The number of fused-ring (bicyclic) bond motifs is 1. The van der Waals surface area contributed by atoms with E-state index in [2.05, 4.69) is 29.7 Å². The minimum atomic E-state index is -0.739. The number of hydrogen-bond acceptors (Lipinski definition) is 8. The standard InChI is InChI=1S/C26H28FN7O2/c1-15-29-20-13-17(4-6-19(20)26(35)30-15)23-25(28)32-24(27)22(31-23)16-5-7-21(18(12-16)14-33(2)3)34-8-10-36-11-9-34/h4-7,12-13H,8-11,14H2,1-3H3,(H2,28,32)(H,29,30,35). The topological polar surface area (TPSA) is 113 Å². The Balaban J connectivity index is 1.60. The van der Waals surface area contributed by atoms with E-state index in [9.17, 15) is 4.79 Å². The summed E-state index contributed by atoms with van der Waals surface area (Å²) >= 11 is 0. The van der Waals surface area contributed by atoms with Crippen molar-refractivity contribution in [2.24, 2.45) is 0 Å². The Bertz CT molecular complexity index is 1500. The first kappa shape index (κ1) is 23.8. The third-order valence-corrected chi connectivity index (χ3v) is 6.17. The van der Waals surface area contributed by atoms with E-state index in [1.807, 2.05) is 32.3 Å². The van der Waals surface area contributed by atoms with Gasteiger partial charge in [0, 0.05) is 36.4 Å². The molecule has 0 unspecified atom stereocenters. The first-order valence-corrected chi connectivity index (χ1v) is 11.7. The second-order valence-electron chi connectivity index (χ2n) is 9.16. The van der Waals surface area contributed by atoms with Gasteiger partial charge in [0.1, 0.15) is 17.2 Å². The molecule has 1 fully saturated rings. The molecule has 186 valence electrons. The Labute approximate surface area is 207 Å². The van der Waals surface area contributed by atoms with Gasteiger partial charge in [-0.15, -0.1) is 0 Å². The highest BCUT2D eigenvalue weighted by atomic mass is 19.1. The molecule has 0 radical (unpaired) electrons. The van der Waals surface area contributed by atoms with Gasteiger partial charge in [0.05, 0.1) is 24.1 Å². The molecule has 36 heavy (non-hydrogen) atoms. The van der Waals surface area contributed by atoms with Gasteiger partial charge in [0.25, 0.3) is 5.56 Å². The van der Waals surface area contributed by atoms with Crippen molar-refractivity contribution in [1.29, 1.82) is 0 Å². The number of nitrogens with one attached hydrogen (secondary N) is 1. The Hall–Kier alpha value is -3.89. The number of aromatic amines is 1. The molecule has 1 aliphatic rings. The molecule has 1 aliphatic heterocycles. The van der Waals surface area contributed by atoms with E-state index in [1.54, 1.807) is 25.1 Å². The summed E-state index contributed by atoms with van der Waals surface area (Å²) in [6, 6.07) is 10.9. The molecule has 2 aromatic carbocycles. The highest BCUT2D eigenvalue weighted by Gasteiger charge is 2.20. The van der Waals surface area contributed by atoms with Gasteiger partial charge in [-0.2, -0.15) is 9.37 Å². The number of aryl methyl sites for hydroxylation is 1. The molecular weight excluding hydrogens is 461 g/mol. The number of ether oxygens (including phenoxy) is 1. The van der Waals surface area contributed by atoms with Crippen molar-refractivity contribution in [2.45, 2.75) is 13.5 Å². The quantitative estimate of drug-likeness (QED) is 0.440. The maximum Gasteiger partial charge on any atom is 0.258 e. The van der Waals surface area contributed by atoms with E-state index >= 15 is 4.39 Å². The van der Waals surface area contributed by atoms with Crippen molar-refractivity contribution in [1.82, 2.24) is 24.8 Å². The van der Waals surface area contributed by atoms with Crippen molar-refractivity contribution in [3.8, 4) is 22.5 Å². The van der Waals surface area contributed by atoms with Gasteiger partial charge in [-0.05, 0) is 50.8 Å². The Kier molecular flexibility index (Phi) is 6.38. The van der Waals surface area contributed by atoms with Crippen LogP contribution in [0.5, 0.6) is 0 Å². The number of halogens is 1. The smallest absolute Gasteiger partial charge is 0.258 e. The van der Waals surface area contributed by atoms with Crippen molar-refractivity contribution in [3.05, 3.63) is 64.1 Å². The lowest BCUT2D eigenvalue weighted by Gasteiger charge is -2.31. The van der Waals surface area contributed by atoms with Crippen LogP contribution >= 0.6 is 0 Å². The number of nitrogens with two attached hydrogens (primary N) is 1. The molecule has 4 aromatic rings. The van der Waals surface area contributed by atoms with E-state index in [0.717, 1.165) is 24.3 Å². The molecule has 2 aromatic heterocycles. The third-order valence-electron chi connectivity index (χ3n) is 6.17. The average molecular weight is 490 g/mol. The number of benzene rings is 2. The minimum Gasteiger partial charge on any atom is -0.382 e. The fraction of sp³-hybridized carbons (Fsp3) is 0.308. The fourth-order valence-electron chi connectivity index (χ4n) is 4.54. The van der Waals surface area contributed by atoms with Crippen molar-refractivity contribution in [3.63, 3.8) is 0 Å². The van der Waals surface area contributed by atoms with Gasteiger partial charge in [0.2, 0.25) is 5.95 Å². The van der Waals surface area contributed by atoms with Crippen LogP contribution in [0.3, 0.4) is 0 Å². The van der Waals surface area contributed by atoms with Crippen LogP contribution in [0.25, 0.3) is 33.4 Å². The Morgan fingerprint density at radius 2 is 1.78 bits per heavy atom. The van der Waals surface area contributed by atoms with E-state index in [1.165, 1.54) is 0 Å². The summed E-state index contributed by atoms with van der Waals surface area (Å²) in [5.41, 5.74) is 10.2. The Morgan fingerprint density at radius 3 is 2.53 bits per heavy atom. The second kappa shape index (κ2) is 9.63. The van der Waals surface area contributed by atoms with Crippen LogP contribution in [0.2, 0.25) is 0 Å². The summed E-state index contributed by atoms with van der Waals surface area (Å²) in [7, 11) is 4.00. The summed E-state index contributed by atoms with van der Waals surface area (Å²) in [5.74, 6) is -0.273. The number of nitrogen functional groups attached to an aromatic ring is 1. The van der Waals surface area contributed by atoms with E-state index in [-0.39, 0.29) is 17.1 Å². The molecule has 3 heterocycles. The second-order valence-corrected chi connectivity index (χ2v) is 9.16. The number of H-pyrrole nitrogens is 1. The summed E-state index contributed by atoms with van der Waals surface area (Å²) in [6.45, 7) is 5.36. The fourth-order valence-corrected chi connectivity index (χ4v) is 4.54. The number of anilines is 2. The van der Waals surface area contributed by atoms with Crippen molar-refractivity contribution < 1.29 is 9.13 Å².